The number of rotatable bonds is 4. The Labute approximate surface area is 115 Å². The second kappa shape index (κ2) is 5.69. The van der Waals surface area contributed by atoms with Gasteiger partial charge in [-0.3, -0.25) is 0 Å². The molecule has 0 amide bonds. The fourth-order valence-electron chi connectivity index (χ4n) is 1.50. The predicted molar refractivity (Wildman–Crippen MR) is 72.0 cm³/mol. The summed E-state index contributed by atoms with van der Waals surface area (Å²) in [5.74, 6) is 1.08. The van der Waals surface area contributed by atoms with Crippen molar-refractivity contribution in [2.45, 2.75) is 19.4 Å². The van der Waals surface area contributed by atoms with Crippen LogP contribution in [0.2, 0.25) is 10.0 Å². The molecule has 96 valence electrons. The third-order valence-electron chi connectivity index (χ3n) is 2.56. The molecular formula is C12H13Cl2N3O. The third kappa shape index (κ3) is 3.22. The Morgan fingerprint density at radius 1 is 1.28 bits per heavy atom. The van der Waals surface area contributed by atoms with Gasteiger partial charge in [0.1, 0.15) is 0 Å². The highest BCUT2D eigenvalue weighted by Gasteiger charge is 2.12. The van der Waals surface area contributed by atoms with E-state index in [0.717, 1.165) is 5.56 Å². The monoisotopic (exact) mass is 285 g/mol. The zero-order valence-electron chi connectivity index (χ0n) is 10.1. The van der Waals surface area contributed by atoms with Gasteiger partial charge >= 0.3 is 0 Å². The number of nitrogens with zero attached hydrogens (tertiary/aromatic N) is 2. The Hall–Kier alpha value is -1.10. The molecule has 1 aromatic heterocycles. The van der Waals surface area contributed by atoms with E-state index in [2.05, 4.69) is 15.5 Å². The maximum absolute atomic E-state index is 5.93. The fourth-order valence-corrected chi connectivity index (χ4v) is 2.03. The lowest BCUT2D eigenvalue weighted by atomic mass is 10.2. The molecule has 1 aromatic carbocycles. The lowest BCUT2D eigenvalue weighted by molar-refractivity contribution is 0.365. The summed E-state index contributed by atoms with van der Waals surface area (Å²) < 4.78 is 5.18. The minimum atomic E-state index is 0.279. The molecular weight excluding hydrogens is 273 g/mol. The number of nitrogens with one attached hydrogen (secondary N) is 1. The van der Waals surface area contributed by atoms with Crippen LogP contribution in [0.4, 0.5) is 0 Å². The van der Waals surface area contributed by atoms with Crippen molar-refractivity contribution < 1.29 is 4.52 Å². The first kappa shape index (κ1) is 13.3. The van der Waals surface area contributed by atoms with Crippen LogP contribution in [0.3, 0.4) is 0 Å². The molecule has 0 aliphatic carbocycles. The van der Waals surface area contributed by atoms with Gasteiger partial charge in [-0.05, 0) is 32.2 Å². The first-order chi connectivity index (χ1) is 8.58. The highest BCUT2D eigenvalue weighted by Crippen LogP contribution is 2.25. The number of hydrogen-bond acceptors (Lipinski definition) is 4. The first-order valence-electron chi connectivity index (χ1n) is 5.55. The summed E-state index contributed by atoms with van der Waals surface area (Å²) in [5.41, 5.74) is 0.750. The molecule has 6 heteroatoms. The average molecular weight is 286 g/mol. The molecule has 0 radical (unpaired) electrons. The molecule has 0 saturated carbocycles. The van der Waals surface area contributed by atoms with Gasteiger partial charge in [0.15, 0.2) is 0 Å². The molecule has 0 bridgehead atoms. The van der Waals surface area contributed by atoms with Gasteiger partial charge in [-0.1, -0.05) is 28.4 Å². The van der Waals surface area contributed by atoms with E-state index >= 15 is 0 Å². The van der Waals surface area contributed by atoms with Gasteiger partial charge in [-0.2, -0.15) is 4.98 Å². The van der Waals surface area contributed by atoms with Crippen LogP contribution >= 0.6 is 23.2 Å². The molecule has 18 heavy (non-hydrogen) atoms. The summed E-state index contributed by atoms with van der Waals surface area (Å²) >= 11 is 11.9. The van der Waals surface area contributed by atoms with Gasteiger partial charge in [0.05, 0.1) is 0 Å². The van der Waals surface area contributed by atoms with E-state index in [-0.39, 0.29) is 6.04 Å². The number of benzene rings is 1. The van der Waals surface area contributed by atoms with Crippen molar-refractivity contribution in [3.63, 3.8) is 0 Å². The molecule has 2 aromatic rings. The standard InChI is InChI=1S/C12H13Cl2N3O/c1-7(15-2)3-11-16-12(17-18-11)8-4-9(13)6-10(14)5-8/h4-7,15H,3H2,1-2H3. The van der Waals surface area contributed by atoms with Gasteiger partial charge in [0.25, 0.3) is 0 Å². The number of halogens is 2. The maximum Gasteiger partial charge on any atom is 0.228 e. The molecule has 0 spiro atoms. The van der Waals surface area contributed by atoms with Crippen molar-refractivity contribution in [2.75, 3.05) is 7.05 Å². The molecule has 1 unspecified atom stereocenters. The Balaban J connectivity index is 2.23. The van der Waals surface area contributed by atoms with E-state index in [1.54, 1.807) is 18.2 Å². The van der Waals surface area contributed by atoms with Crippen LogP contribution < -0.4 is 5.32 Å². The average Bonchev–Trinajstić information content (AvgIpc) is 2.76. The van der Waals surface area contributed by atoms with Crippen LogP contribution in [0.5, 0.6) is 0 Å². The van der Waals surface area contributed by atoms with Crippen LogP contribution in [0, 0.1) is 0 Å². The van der Waals surface area contributed by atoms with Crippen LogP contribution in [-0.4, -0.2) is 23.2 Å². The van der Waals surface area contributed by atoms with Gasteiger partial charge < -0.3 is 9.84 Å². The topological polar surface area (TPSA) is 51.0 Å². The zero-order valence-corrected chi connectivity index (χ0v) is 11.6. The molecule has 2 rings (SSSR count). The minimum Gasteiger partial charge on any atom is -0.339 e. The Bertz CT molecular complexity index is 522. The summed E-state index contributed by atoms with van der Waals surface area (Å²) in [4.78, 5) is 4.32. The summed E-state index contributed by atoms with van der Waals surface area (Å²) in [5, 5.41) is 8.13. The summed E-state index contributed by atoms with van der Waals surface area (Å²) in [7, 11) is 1.89. The SMILES string of the molecule is CNC(C)Cc1nc(-c2cc(Cl)cc(Cl)c2)no1. The largest absolute Gasteiger partial charge is 0.339 e. The van der Waals surface area contributed by atoms with Crippen molar-refractivity contribution in [3.05, 3.63) is 34.1 Å². The fraction of sp³-hybridized carbons (Fsp3) is 0.333. The van der Waals surface area contributed by atoms with Gasteiger partial charge in [-0.25, -0.2) is 0 Å². The molecule has 1 N–H and O–H groups in total. The van der Waals surface area contributed by atoms with Crippen molar-refractivity contribution in [1.29, 1.82) is 0 Å². The Morgan fingerprint density at radius 2 is 1.94 bits per heavy atom. The van der Waals surface area contributed by atoms with E-state index in [0.29, 0.717) is 28.2 Å². The van der Waals surface area contributed by atoms with Crippen LogP contribution in [-0.2, 0) is 6.42 Å². The first-order valence-corrected chi connectivity index (χ1v) is 6.30. The van der Waals surface area contributed by atoms with Gasteiger partial charge in [0, 0.05) is 28.1 Å². The maximum atomic E-state index is 5.93. The van der Waals surface area contributed by atoms with E-state index in [4.69, 9.17) is 27.7 Å². The lowest BCUT2D eigenvalue weighted by Crippen LogP contribution is -2.23. The van der Waals surface area contributed by atoms with Gasteiger partial charge in [0.2, 0.25) is 11.7 Å². The number of hydrogen-bond donors (Lipinski definition) is 1. The molecule has 1 heterocycles. The van der Waals surface area contributed by atoms with Crippen molar-refractivity contribution in [2.24, 2.45) is 0 Å². The molecule has 1 atom stereocenters. The molecule has 0 saturated heterocycles. The smallest absolute Gasteiger partial charge is 0.228 e. The van der Waals surface area contributed by atoms with E-state index in [1.165, 1.54) is 0 Å². The van der Waals surface area contributed by atoms with Crippen molar-refractivity contribution in [3.8, 4) is 11.4 Å². The molecule has 4 nitrogen and oxygen atoms in total. The molecule has 0 aliphatic heterocycles. The van der Waals surface area contributed by atoms with Crippen molar-refractivity contribution >= 4 is 23.2 Å². The Morgan fingerprint density at radius 3 is 2.56 bits per heavy atom. The molecule has 0 aliphatic rings. The predicted octanol–water partition coefficient (Wildman–Crippen LogP) is 3.19. The van der Waals surface area contributed by atoms with Crippen molar-refractivity contribution in [1.82, 2.24) is 15.5 Å². The zero-order chi connectivity index (χ0) is 13.1. The summed E-state index contributed by atoms with van der Waals surface area (Å²) in [6, 6.07) is 5.45. The normalized spacial score (nSPS) is 12.7. The van der Waals surface area contributed by atoms with Crippen LogP contribution in [0.25, 0.3) is 11.4 Å². The summed E-state index contributed by atoms with van der Waals surface area (Å²) in [6.07, 6.45) is 0.678. The Kier molecular flexibility index (Phi) is 4.22. The van der Waals surface area contributed by atoms with Crippen LogP contribution in [0.1, 0.15) is 12.8 Å². The second-order valence-corrected chi connectivity index (χ2v) is 4.94. The molecule has 0 fully saturated rings. The number of aromatic nitrogens is 2. The second-order valence-electron chi connectivity index (χ2n) is 4.06. The highest BCUT2D eigenvalue weighted by molar-refractivity contribution is 6.35. The van der Waals surface area contributed by atoms with Gasteiger partial charge in [-0.15, -0.1) is 0 Å². The van der Waals surface area contributed by atoms with E-state index < -0.39 is 0 Å². The quantitative estimate of drug-likeness (QED) is 0.937. The minimum absolute atomic E-state index is 0.279. The highest BCUT2D eigenvalue weighted by atomic mass is 35.5. The number of likely N-dealkylation sites (N-methyl/N-ethyl adjacent to an activating group) is 1. The van der Waals surface area contributed by atoms with Crippen LogP contribution in [0.15, 0.2) is 22.7 Å². The van der Waals surface area contributed by atoms with E-state index in [1.807, 2.05) is 14.0 Å². The lowest BCUT2D eigenvalue weighted by Gasteiger charge is -2.04. The third-order valence-corrected chi connectivity index (χ3v) is 3.00. The summed E-state index contributed by atoms with van der Waals surface area (Å²) in [6.45, 7) is 2.04. The van der Waals surface area contributed by atoms with E-state index in [9.17, 15) is 0 Å².